The van der Waals surface area contributed by atoms with E-state index in [1.807, 2.05) is 5.38 Å². The minimum Gasteiger partial charge on any atom is -0.274 e. The topological polar surface area (TPSA) is 93.8 Å². The van der Waals surface area contributed by atoms with Gasteiger partial charge in [-0.1, -0.05) is 0 Å². The first-order chi connectivity index (χ1) is 9.25. The van der Waals surface area contributed by atoms with Crippen LogP contribution in [0.15, 0.2) is 22.7 Å². The van der Waals surface area contributed by atoms with Crippen LogP contribution in [-0.4, -0.2) is 34.1 Å². The summed E-state index contributed by atoms with van der Waals surface area (Å²) in [5.74, 6) is 0.445. The molecule has 9 heteroatoms. The van der Waals surface area contributed by atoms with Gasteiger partial charge in [-0.3, -0.25) is 4.98 Å². The van der Waals surface area contributed by atoms with E-state index >= 15 is 0 Å². The summed E-state index contributed by atoms with van der Waals surface area (Å²) < 4.78 is 3.10. The highest BCUT2D eigenvalue weighted by Gasteiger charge is 2.17. The summed E-state index contributed by atoms with van der Waals surface area (Å²) in [7, 11) is 1.66. The fraction of sp³-hybridized carbons (Fsp3) is 0.100. The summed E-state index contributed by atoms with van der Waals surface area (Å²) in [4.78, 5) is 31.2. The molecule has 4 aromatic heterocycles. The number of rotatable bonds is 1. The second kappa shape index (κ2) is 3.48. The third-order valence-corrected chi connectivity index (χ3v) is 3.65. The van der Waals surface area contributed by atoms with Crippen molar-refractivity contribution in [3.8, 4) is 10.7 Å². The van der Waals surface area contributed by atoms with Gasteiger partial charge in [0.05, 0.1) is 0 Å². The Kier molecular flexibility index (Phi) is 1.90. The van der Waals surface area contributed by atoms with Crippen molar-refractivity contribution in [2.24, 2.45) is 7.05 Å². The molecule has 0 amide bonds. The summed E-state index contributed by atoms with van der Waals surface area (Å²) in [5, 5.41) is 2.64. The maximum absolute atomic E-state index is 11.6. The number of aryl methyl sites for hydroxylation is 1. The summed E-state index contributed by atoms with van der Waals surface area (Å²) in [5.41, 5.74) is 1.63. The molecular weight excluding hydrogens is 266 g/mol. The highest BCUT2D eigenvalue weighted by molar-refractivity contribution is 7.13. The molecule has 0 fully saturated rings. The average molecular weight is 273 g/mol. The van der Waals surface area contributed by atoms with Crippen LogP contribution >= 0.6 is 11.3 Å². The first kappa shape index (κ1) is 10.4. The Morgan fingerprint density at radius 2 is 2.21 bits per heavy atom. The van der Waals surface area contributed by atoms with Crippen molar-refractivity contribution in [2.75, 3.05) is 0 Å². The van der Waals surface area contributed by atoms with Crippen LogP contribution in [0.5, 0.6) is 0 Å². The molecule has 19 heavy (non-hydrogen) atoms. The summed E-state index contributed by atoms with van der Waals surface area (Å²) in [6.45, 7) is 0. The van der Waals surface area contributed by atoms with Gasteiger partial charge in [0.2, 0.25) is 5.78 Å². The summed E-state index contributed by atoms with van der Waals surface area (Å²) >= 11 is 1.48. The Labute approximate surface area is 109 Å². The quantitative estimate of drug-likeness (QED) is 0.542. The molecule has 0 aromatic carbocycles. The number of aromatic amines is 1. The van der Waals surface area contributed by atoms with E-state index in [4.69, 9.17) is 0 Å². The first-order valence-electron chi connectivity index (χ1n) is 5.44. The molecule has 94 valence electrons. The van der Waals surface area contributed by atoms with Gasteiger partial charge in [0.25, 0.3) is 0 Å². The van der Waals surface area contributed by atoms with Crippen molar-refractivity contribution in [1.82, 2.24) is 34.1 Å². The largest absolute Gasteiger partial charge is 0.343 e. The predicted molar refractivity (Wildman–Crippen MR) is 69.0 cm³/mol. The molecule has 4 rings (SSSR count). The van der Waals surface area contributed by atoms with E-state index in [0.29, 0.717) is 22.6 Å². The minimum atomic E-state index is -0.238. The lowest BCUT2D eigenvalue weighted by molar-refractivity contribution is 0.694. The zero-order chi connectivity index (χ0) is 13.0. The molecule has 0 aliphatic rings. The molecular formula is C10H7N7OS. The molecule has 0 aliphatic carbocycles. The van der Waals surface area contributed by atoms with Gasteiger partial charge in [-0.05, 0) is 0 Å². The summed E-state index contributed by atoms with van der Waals surface area (Å²) in [6, 6.07) is 0. The number of hydrogen-bond acceptors (Lipinski definition) is 6. The first-order valence-corrected chi connectivity index (χ1v) is 6.32. The Bertz CT molecular complexity index is 946. The third-order valence-electron chi connectivity index (χ3n) is 2.87. The fourth-order valence-electron chi connectivity index (χ4n) is 2.04. The molecule has 4 heterocycles. The normalized spacial score (nSPS) is 11.6. The number of aromatic nitrogens is 7. The monoisotopic (exact) mass is 273 g/mol. The van der Waals surface area contributed by atoms with E-state index in [-0.39, 0.29) is 5.69 Å². The van der Waals surface area contributed by atoms with E-state index in [1.54, 1.807) is 17.8 Å². The predicted octanol–water partition coefficient (Wildman–Crippen LogP) is 0.428. The van der Waals surface area contributed by atoms with Crippen LogP contribution in [0.25, 0.3) is 27.6 Å². The Morgan fingerprint density at radius 1 is 1.32 bits per heavy atom. The Hall–Kier alpha value is -2.55. The van der Waals surface area contributed by atoms with Gasteiger partial charge in [0.1, 0.15) is 22.5 Å². The molecule has 0 spiro atoms. The van der Waals surface area contributed by atoms with Crippen LogP contribution in [-0.2, 0) is 7.05 Å². The van der Waals surface area contributed by atoms with Crippen LogP contribution in [0, 0.1) is 0 Å². The number of hydrogen-bond donors (Lipinski definition) is 1. The molecule has 0 saturated carbocycles. The molecule has 8 nitrogen and oxygen atoms in total. The minimum absolute atomic E-state index is 0.238. The van der Waals surface area contributed by atoms with Gasteiger partial charge >= 0.3 is 5.69 Å². The maximum Gasteiger partial charge on any atom is 0.343 e. The van der Waals surface area contributed by atoms with Gasteiger partial charge in [0, 0.05) is 18.6 Å². The average Bonchev–Trinajstić information content (AvgIpc) is 3.08. The smallest absolute Gasteiger partial charge is 0.274 e. The molecule has 0 radical (unpaired) electrons. The number of fused-ring (bicyclic) bond motifs is 3. The van der Waals surface area contributed by atoms with Gasteiger partial charge in [0.15, 0.2) is 5.65 Å². The lowest BCUT2D eigenvalue weighted by atomic mass is 10.4. The van der Waals surface area contributed by atoms with Crippen molar-refractivity contribution < 1.29 is 0 Å². The molecule has 0 atom stereocenters. The number of nitrogens with zero attached hydrogens (tertiary/aromatic N) is 6. The van der Waals surface area contributed by atoms with Crippen LogP contribution in [0.2, 0.25) is 0 Å². The van der Waals surface area contributed by atoms with Crippen molar-refractivity contribution >= 4 is 28.3 Å². The lowest BCUT2D eigenvalue weighted by Gasteiger charge is -1.99. The van der Waals surface area contributed by atoms with Crippen molar-refractivity contribution in [1.29, 1.82) is 0 Å². The molecule has 1 N–H and O–H groups in total. The third kappa shape index (κ3) is 1.30. The second-order valence-corrected chi connectivity index (χ2v) is 4.83. The molecule has 0 saturated heterocycles. The van der Waals surface area contributed by atoms with Crippen molar-refractivity contribution in [3.63, 3.8) is 0 Å². The maximum atomic E-state index is 11.6. The van der Waals surface area contributed by atoms with Gasteiger partial charge in [-0.25, -0.2) is 28.9 Å². The van der Waals surface area contributed by atoms with Gasteiger partial charge in [-0.2, -0.15) is 4.98 Å². The van der Waals surface area contributed by atoms with E-state index < -0.39 is 0 Å². The lowest BCUT2D eigenvalue weighted by Crippen LogP contribution is -2.16. The number of thiazole rings is 1. The number of imidazole rings is 1. The van der Waals surface area contributed by atoms with E-state index in [1.165, 1.54) is 22.3 Å². The SMILES string of the molecule is Cn1c(=O)[nH]c2nc3ncnc(-c4nccs4)c3n21. The molecule has 0 aliphatic heterocycles. The van der Waals surface area contributed by atoms with E-state index in [9.17, 15) is 4.79 Å². The van der Waals surface area contributed by atoms with Crippen LogP contribution in [0.4, 0.5) is 0 Å². The second-order valence-electron chi connectivity index (χ2n) is 3.93. The Balaban J connectivity index is 2.25. The van der Waals surface area contributed by atoms with Crippen molar-refractivity contribution in [3.05, 3.63) is 28.4 Å². The Morgan fingerprint density at radius 3 is 3.00 bits per heavy atom. The number of nitrogens with one attached hydrogen (secondary N) is 1. The van der Waals surface area contributed by atoms with Crippen molar-refractivity contribution in [2.45, 2.75) is 0 Å². The molecule has 4 aromatic rings. The zero-order valence-electron chi connectivity index (χ0n) is 9.73. The highest BCUT2D eigenvalue weighted by Crippen LogP contribution is 2.26. The van der Waals surface area contributed by atoms with E-state index in [2.05, 4.69) is 24.9 Å². The fourth-order valence-corrected chi connectivity index (χ4v) is 2.67. The molecule has 0 unspecified atom stereocenters. The zero-order valence-corrected chi connectivity index (χ0v) is 10.5. The highest BCUT2D eigenvalue weighted by atomic mass is 32.1. The molecule has 0 bridgehead atoms. The van der Waals surface area contributed by atoms with Gasteiger partial charge in [-0.15, -0.1) is 11.3 Å². The van der Waals surface area contributed by atoms with Crippen LogP contribution in [0.1, 0.15) is 0 Å². The summed E-state index contributed by atoms with van der Waals surface area (Å²) in [6.07, 6.45) is 3.16. The van der Waals surface area contributed by atoms with Crippen LogP contribution < -0.4 is 5.69 Å². The van der Waals surface area contributed by atoms with Crippen LogP contribution in [0.3, 0.4) is 0 Å². The van der Waals surface area contributed by atoms with Gasteiger partial charge < -0.3 is 0 Å². The standard InChI is InChI=1S/C10H7N7OS/c1-16-10(18)15-9-14-7-6(17(9)16)5(12-4-13-7)8-11-2-3-19-8/h2-4H,1H3,(H,12,13,14,15,18). The van der Waals surface area contributed by atoms with E-state index in [0.717, 1.165) is 5.01 Å². The number of H-pyrrole nitrogens is 1.